The summed E-state index contributed by atoms with van der Waals surface area (Å²) in [6, 6.07) is 0. The molecule has 0 aromatic rings. The van der Waals surface area contributed by atoms with E-state index < -0.39 is 11.9 Å². The van der Waals surface area contributed by atoms with Crippen molar-refractivity contribution in [3.05, 3.63) is 0 Å². The molecule has 4 nitrogen and oxygen atoms in total. The highest BCUT2D eigenvalue weighted by molar-refractivity contribution is 5.96. The Morgan fingerprint density at radius 2 is 1.80 bits per heavy atom. The quantitative estimate of drug-likeness (QED) is 0.688. The summed E-state index contributed by atoms with van der Waals surface area (Å²) in [5, 5.41) is 8.75. The third kappa shape index (κ3) is 1.43. The maximum atomic E-state index is 11.7. The fourth-order valence-corrected chi connectivity index (χ4v) is 2.69. The van der Waals surface area contributed by atoms with E-state index in [0.29, 0.717) is 17.3 Å². The van der Waals surface area contributed by atoms with Crippen LogP contribution in [0.1, 0.15) is 20.8 Å². The maximum Gasteiger partial charge on any atom is 0.315 e. The van der Waals surface area contributed by atoms with Gasteiger partial charge in [0.15, 0.2) is 0 Å². The lowest BCUT2D eigenvalue weighted by Crippen LogP contribution is -2.39. The van der Waals surface area contributed by atoms with Crippen LogP contribution in [-0.2, 0) is 9.59 Å². The molecular formula is C11H17NO3. The topological polar surface area (TPSA) is 57.6 Å². The molecule has 3 unspecified atom stereocenters. The lowest BCUT2D eigenvalue weighted by Gasteiger charge is -2.23. The average Bonchev–Trinajstić information content (AvgIpc) is 2.55. The highest BCUT2D eigenvalue weighted by Crippen LogP contribution is 2.61. The normalized spacial score (nSPS) is 33.4. The Morgan fingerprint density at radius 3 is 2.20 bits per heavy atom. The minimum Gasteiger partial charge on any atom is -0.481 e. The van der Waals surface area contributed by atoms with Gasteiger partial charge in [-0.2, -0.15) is 0 Å². The third-order valence-electron chi connectivity index (χ3n) is 4.17. The van der Waals surface area contributed by atoms with Crippen molar-refractivity contribution in [3.8, 4) is 0 Å². The fourth-order valence-electron chi connectivity index (χ4n) is 2.69. The van der Waals surface area contributed by atoms with E-state index in [9.17, 15) is 9.59 Å². The molecule has 1 amide bonds. The smallest absolute Gasteiger partial charge is 0.315 e. The molecule has 0 radical (unpaired) electrons. The van der Waals surface area contributed by atoms with E-state index in [4.69, 9.17) is 5.11 Å². The van der Waals surface area contributed by atoms with Gasteiger partial charge in [0.05, 0.1) is 0 Å². The first-order valence-electron chi connectivity index (χ1n) is 5.37. The Balaban J connectivity index is 1.95. The maximum absolute atomic E-state index is 11.7. The Morgan fingerprint density at radius 1 is 1.33 bits per heavy atom. The van der Waals surface area contributed by atoms with Gasteiger partial charge in [-0.15, -0.1) is 0 Å². The zero-order chi connectivity index (χ0) is 11.4. The molecule has 84 valence electrons. The second kappa shape index (κ2) is 2.97. The summed E-state index contributed by atoms with van der Waals surface area (Å²) in [6.07, 6.45) is 0. The summed E-state index contributed by atoms with van der Waals surface area (Å²) >= 11 is 0. The molecule has 0 bridgehead atoms. The molecule has 1 aliphatic carbocycles. The van der Waals surface area contributed by atoms with Crippen LogP contribution >= 0.6 is 0 Å². The number of carbonyl (C=O) groups excluding carboxylic acids is 1. The number of fused-ring (bicyclic) bond motifs is 1. The van der Waals surface area contributed by atoms with Gasteiger partial charge >= 0.3 is 5.97 Å². The number of nitrogens with zero attached hydrogens (tertiary/aromatic N) is 1. The van der Waals surface area contributed by atoms with E-state index in [-0.39, 0.29) is 5.91 Å². The van der Waals surface area contributed by atoms with Gasteiger partial charge in [0, 0.05) is 13.1 Å². The second-order valence-corrected chi connectivity index (χ2v) is 5.34. The standard InChI is InChI=1S/C11H17NO3/c1-6(10(14)15)9(13)12-4-7-8(5-12)11(7,2)3/h6-8H,4-5H2,1-3H3,(H,14,15). The van der Waals surface area contributed by atoms with E-state index in [0.717, 1.165) is 13.1 Å². The van der Waals surface area contributed by atoms with E-state index in [1.165, 1.54) is 6.92 Å². The number of hydrogen-bond donors (Lipinski definition) is 1. The SMILES string of the molecule is CC(C(=O)O)C(=O)N1CC2C(C1)C2(C)C. The van der Waals surface area contributed by atoms with Crippen LogP contribution in [0.15, 0.2) is 0 Å². The average molecular weight is 211 g/mol. The molecule has 1 heterocycles. The van der Waals surface area contributed by atoms with Crippen LogP contribution in [0.4, 0.5) is 0 Å². The summed E-state index contributed by atoms with van der Waals surface area (Å²) in [5.74, 6) is -0.985. The van der Waals surface area contributed by atoms with Crippen LogP contribution in [0, 0.1) is 23.2 Å². The molecule has 2 fully saturated rings. The summed E-state index contributed by atoms with van der Waals surface area (Å²) in [7, 11) is 0. The van der Waals surface area contributed by atoms with Crippen LogP contribution in [-0.4, -0.2) is 35.0 Å². The molecule has 0 spiro atoms. The highest BCUT2D eigenvalue weighted by Gasteiger charge is 2.62. The van der Waals surface area contributed by atoms with Crippen molar-refractivity contribution in [2.45, 2.75) is 20.8 Å². The van der Waals surface area contributed by atoms with Crippen LogP contribution in [0.25, 0.3) is 0 Å². The number of aliphatic carboxylic acids is 1. The summed E-state index contributed by atoms with van der Waals surface area (Å²) in [4.78, 5) is 24.1. The van der Waals surface area contributed by atoms with Gasteiger partial charge in [-0.05, 0) is 24.2 Å². The summed E-state index contributed by atoms with van der Waals surface area (Å²) < 4.78 is 0. The number of hydrogen-bond acceptors (Lipinski definition) is 2. The number of carboxylic acids is 1. The zero-order valence-corrected chi connectivity index (χ0v) is 9.36. The largest absolute Gasteiger partial charge is 0.481 e. The van der Waals surface area contributed by atoms with Crippen molar-refractivity contribution < 1.29 is 14.7 Å². The molecule has 0 aromatic carbocycles. The van der Waals surface area contributed by atoms with Crippen molar-refractivity contribution in [2.75, 3.05) is 13.1 Å². The predicted octanol–water partition coefficient (Wildman–Crippen LogP) is 0.821. The third-order valence-corrected chi connectivity index (χ3v) is 4.17. The minimum atomic E-state index is -1.03. The van der Waals surface area contributed by atoms with Crippen LogP contribution < -0.4 is 0 Å². The predicted molar refractivity (Wildman–Crippen MR) is 54.1 cm³/mol. The fraction of sp³-hybridized carbons (Fsp3) is 0.818. The molecule has 1 saturated carbocycles. The first-order valence-corrected chi connectivity index (χ1v) is 5.37. The van der Waals surface area contributed by atoms with Crippen molar-refractivity contribution >= 4 is 11.9 Å². The molecule has 0 aromatic heterocycles. The van der Waals surface area contributed by atoms with Crippen LogP contribution in [0.5, 0.6) is 0 Å². The lowest BCUT2D eigenvalue weighted by molar-refractivity contribution is -0.150. The number of carboxylic acid groups (broad SMARTS) is 1. The first-order chi connectivity index (χ1) is 6.85. The van der Waals surface area contributed by atoms with E-state index in [1.54, 1.807) is 4.90 Å². The van der Waals surface area contributed by atoms with Gasteiger partial charge in [-0.3, -0.25) is 9.59 Å². The Labute approximate surface area is 89.3 Å². The molecule has 1 saturated heterocycles. The molecule has 15 heavy (non-hydrogen) atoms. The Kier molecular flexibility index (Phi) is 2.07. The number of likely N-dealkylation sites (tertiary alicyclic amines) is 1. The van der Waals surface area contributed by atoms with E-state index in [2.05, 4.69) is 13.8 Å². The van der Waals surface area contributed by atoms with Crippen LogP contribution in [0.2, 0.25) is 0 Å². The van der Waals surface area contributed by atoms with E-state index >= 15 is 0 Å². The van der Waals surface area contributed by atoms with Crippen molar-refractivity contribution in [2.24, 2.45) is 23.2 Å². The van der Waals surface area contributed by atoms with Gasteiger partial charge in [0.1, 0.15) is 5.92 Å². The van der Waals surface area contributed by atoms with E-state index in [1.807, 2.05) is 0 Å². The summed E-state index contributed by atoms with van der Waals surface area (Å²) in [5.41, 5.74) is 0.364. The number of amides is 1. The molecular weight excluding hydrogens is 194 g/mol. The Hall–Kier alpha value is -1.06. The van der Waals surface area contributed by atoms with Crippen molar-refractivity contribution in [1.82, 2.24) is 4.90 Å². The van der Waals surface area contributed by atoms with Gasteiger partial charge in [0.25, 0.3) is 0 Å². The van der Waals surface area contributed by atoms with Crippen LogP contribution in [0.3, 0.4) is 0 Å². The molecule has 2 aliphatic rings. The molecule has 1 N–H and O–H groups in total. The van der Waals surface area contributed by atoms with Crippen molar-refractivity contribution in [1.29, 1.82) is 0 Å². The monoisotopic (exact) mass is 211 g/mol. The zero-order valence-electron chi connectivity index (χ0n) is 9.36. The highest BCUT2D eigenvalue weighted by atomic mass is 16.4. The number of rotatable bonds is 2. The molecule has 4 heteroatoms. The van der Waals surface area contributed by atoms with Gasteiger partial charge in [-0.1, -0.05) is 13.8 Å². The van der Waals surface area contributed by atoms with Gasteiger partial charge < -0.3 is 10.0 Å². The minimum absolute atomic E-state index is 0.231. The Bertz CT molecular complexity index is 310. The number of piperidine rings is 1. The van der Waals surface area contributed by atoms with Gasteiger partial charge in [-0.25, -0.2) is 0 Å². The van der Waals surface area contributed by atoms with Crippen molar-refractivity contribution in [3.63, 3.8) is 0 Å². The second-order valence-electron chi connectivity index (χ2n) is 5.34. The number of carbonyl (C=O) groups is 2. The summed E-state index contributed by atoms with van der Waals surface area (Å²) in [6.45, 7) is 7.37. The van der Waals surface area contributed by atoms with Gasteiger partial charge in [0.2, 0.25) is 5.91 Å². The lowest BCUT2D eigenvalue weighted by atomic mass is 10.0. The first kappa shape index (κ1) is 10.5. The molecule has 2 rings (SSSR count). The molecule has 1 aliphatic heterocycles. The molecule has 3 atom stereocenters.